The van der Waals surface area contributed by atoms with Crippen molar-refractivity contribution in [3.05, 3.63) is 64.8 Å². The van der Waals surface area contributed by atoms with Crippen molar-refractivity contribution in [3.8, 4) is 0 Å². The highest BCUT2D eigenvalue weighted by Crippen LogP contribution is 2.30. The van der Waals surface area contributed by atoms with Crippen LogP contribution in [0.25, 0.3) is 10.9 Å². The van der Waals surface area contributed by atoms with E-state index in [1.54, 1.807) is 4.90 Å². The summed E-state index contributed by atoms with van der Waals surface area (Å²) in [5, 5.41) is 1.13. The number of aromatic amines is 1. The van der Waals surface area contributed by atoms with Gasteiger partial charge in [-0.15, -0.1) is 0 Å². The number of hydrogen-bond acceptors (Lipinski definition) is 4. The minimum Gasteiger partial charge on any atom is -0.358 e. The van der Waals surface area contributed by atoms with Crippen LogP contribution in [0.4, 0.5) is 0 Å². The Kier molecular flexibility index (Phi) is 5.58. The number of benzene rings is 2. The van der Waals surface area contributed by atoms with E-state index in [2.05, 4.69) is 4.98 Å². The van der Waals surface area contributed by atoms with Gasteiger partial charge in [-0.25, -0.2) is 8.42 Å². The zero-order valence-corrected chi connectivity index (χ0v) is 19.5. The minimum absolute atomic E-state index is 0.0643. The molecule has 3 aromatic rings. The summed E-state index contributed by atoms with van der Waals surface area (Å²) in [5.74, 6) is -0.171. The number of Topliss-reactive ketones (excluding diaryl/α,β-unsaturated/α-hetero) is 1. The Labute approximate surface area is 193 Å². The zero-order chi connectivity index (χ0) is 23.2. The van der Waals surface area contributed by atoms with E-state index in [1.165, 1.54) is 59.6 Å². The number of rotatable bonds is 4. The van der Waals surface area contributed by atoms with Crippen LogP contribution in [-0.2, 0) is 22.9 Å². The maximum Gasteiger partial charge on any atom is 0.253 e. The molecule has 0 spiro atoms. The zero-order valence-electron chi connectivity index (χ0n) is 18.6. The SMILES string of the molecule is CC(=O)c1ccc(S(=O)(=O)N2CCN(C(=O)c3ccc4[nH]c5c(c4c3)CCCC5)CC2)cc1. The molecular formula is C25H27N3O4S. The molecule has 1 N–H and O–H groups in total. The number of aryl methyl sites for hydroxylation is 2. The van der Waals surface area contributed by atoms with Gasteiger partial charge in [0.1, 0.15) is 0 Å². The second-order valence-electron chi connectivity index (χ2n) is 8.83. The van der Waals surface area contributed by atoms with Gasteiger partial charge in [0.15, 0.2) is 5.78 Å². The van der Waals surface area contributed by atoms with Gasteiger partial charge in [0.25, 0.3) is 5.91 Å². The molecule has 8 heteroatoms. The number of nitrogens with one attached hydrogen (secondary N) is 1. The third kappa shape index (κ3) is 3.98. The number of carbonyl (C=O) groups excluding carboxylic acids is 2. The van der Waals surface area contributed by atoms with E-state index in [1.807, 2.05) is 18.2 Å². The van der Waals surface area contributed by atoms with Gasteiger partial charge < -0.3 is 9.88 Å². The van der Waals surface area contributed by atoms with Crippen molar-refractivity contribution in [3.63, 3.8) is 0 Å². The van der Waals surface area contributed by atoms with E-state index in [0.29, 0.717) is 24.2 Å². The molecule has 172 valence electrons. The van der Waals surface area contributed by atoms with E-state index in [4.69, 9.17) is 0 Å². The first-order valence-corrected chi connectivity index (χ1v) is 12.8. The van der Waals surface area contributed by atoms with Crippen LogP contribution in [0.3, 0.4) is 0 Å². The highest BCUT2D eigenvalue weighted by molar-refractivity contribution is 7.89. The Balaban J connectivity index is 1.29. The summed E-state index contributed by atoms with van der Waals surface area (Å²) < 4.78 is 27.4. The van der Waals surface area contributed by atoms with Gasteiger partial charge >= 0.3 is 0 Å². The van der Waals surface area contributed by atoms with E-state index in [0.717, 1.165) is 23.7 Å². The van der Waals surface area contributed by atoms with Crippen molar-refractivity contribution in [1.82, 2.24) is 14.2 Å². The predicted molar refractivity (Wildman–Crippen MR) is 126 cm³/mol. The monoisotopic (exact) mass is 465 g/mol. The van der Waals surface area contributed by atoms with Crippen LogP contribution < -0.4 is 0 Å². The van der Waals surface area contributed by atoms with Crippen molar-refractivity contribution in [2.24, 2.45) is 0 Å². The smallest absolute Gasteiger partial charge is 0.253 e. The second kappa shape index (κ2) is 8.43. The standard InChI is InChI=1S/C25H27N3O4S/c1-17(29)18-6-9-20(10-7-18)33(31,32)28-14-12-27(13-15-28)25(30)19-8-11-24-22(16-19)21-4-2-3-5-23(21)26-24/h6-11,16,26H,2-5,12-15H2,1H3. The van der Waals surface area contributed by atoms with Gasteiger partial charge in [0.05, 0.1) is 4.90 Å². The number of aromatic nitrogens is 1. The molecule has 33 heavy (non-hydrogen) atoms. The summed E-state index contributed by atoms with van der Waals surface area (Å²) in [4.78, 5) is 30.0. The third-order valence-corrected chi connectivity index (χ3v) is 8.68. The van der Waals surface area contributed by atoms with E-state index < -0.39 is 10.0 Å². The van der Waals surface area contributed by atoms with E-state index in [-0.39, 0.29) is 29.7 Å². The van der Waals surface area contributed by atoms with Crippen LogP contribution in [-0.4, -0.2) is 60.5 Å². The minimum atomic E-state index is -3.67. The van der Waals surface area contributed by atoms with Crippen LogP contribution in [0, 0.1) is 0 Å². The lowest BCUT2D eigenvalue weighted by Gasteiger charge is -2.34. The number of H-pyrrole nitrogens is 1. The second-order valence-corrected chi connectivity index (χ2v) is 10.8. The van der Waals surface area contributed by atoms with Crippen LogP contribution in [0.2, 0.25) is 0 Å². The maximum atomic E-state index is 13.2. The Hall–Kier alpha value is -2.97. The average Bonchev–Trinajstić information content (AvgIpc) is 3.21. The Morgan fingerprint density at radius 2 is 1.55 bits per heavy atom. The molecule has 1 fully saturated rings. The van der Waals surface area contributed by atoms with Crippen molar-refractivity contribution >= 4 is 32.6 Å². The molecular weight excluding hydrogens is 438 g/mol. The summed E-state index contributed by atoms with van der Waals surface area (Å²) in [6.45, 7) is 2.61. The van der Waals surface area contributed by atoms with Crippen molar-refractivity contribution in [1.29, 1.82) is 0 Å². The van der Waals surface area contributed by atoms with Gasteiger partial charge in [-0.05, 0) is 68.5 Å². The molecule has 1 amide bonds. The largest absolute Gasteiger partial charge is 0.358 e. The summed E-state index contributed by atoms with van der Waals surface area (Å²) in [6, 6.07) is 11.8. The van der Waals surface area contributed by atoms with Crippen LogP contribution in [0.15, 0.2) is 47.4 Å². The highest BCUT2D eigenvalue weighted by Gasteiger charge is 2.30. The van der Waals surface area contributed by atoms with Gasteiger partial charge in [-0.3, -0.25) is 9.59 Å². The molecule has 0 atom stereocenters. The number of piperazine rings is 1. The molecule has 0 saturated carbocycles. The molecule has 0 radical (unpaired) electrons. The van der Waals surface area contributed by atoms with Gasteiger partial charge in [-0.2, -0.15) is 4.31 Å². The molecule has 7 nitrogen and oxygen atoms in total. The van der Waals surface area contributed by atoms with Crippen LogP contribution in [0.5, 0.6) is 0 Å². The van der Waals surface area contributed by atoms with E-state index >= 15 is 0 Å². The molecule has 0 bridgehead atoms. The Morgan fingerprint density at radius 3 is 2.24 bits per heavy atom. The normalized spacial score (nSPS) is 17.2. The molecule has 1 saturated heterocycles. The quantitative estimate of drug-likeness (QED) is 0.598. The topological polar surface area (TPSA) is 90.6 Å². The summed E-state index contributed by atoms with van der Waals surface area (Å²) in [5.41, 5.74) is 4.81. The van der Waals surface area contributed by atoms with Crippen molar-refractivity contribution in [2.75, 3.05) is 26.2 Å². The number of carbonyl (C=O) groups is 2. The lowest BCUT2D eigenvalue weighted by atomic mass is 9.95. The summed E-state index contributed by atoms with van der Waals surface area (Å²) in [6.07, 6.45) is 4.46. The fourth-order valence-electron chi connectivity index (χ4n) is 4.86. The summed E-state index contributed by atoms with van der Waals surface area (Å²) in [7, 11) is -3.67. The first-order valence-electron chi connectivity index (χ1n) is 11.4. The van der Waals surface area contributed by atoms with Gasteiger partial charge in [-0.1, -0.05) is 12.1 Å². The number of sulfonamides is 1. The fraction of sp³-hybridized carbons (Fsp3) is 0.360. The lowest BCUT2D eigenvalue weighted by Crippen LogP contribution is -2.50. The predicted octanol–water partition coefficient (Wildman–Crippen LogP) is 3.40. The summed E-state index contributed by atoms with van der Waals surface area (Å²) >= 11 is 0. The number of ketones is 1. The first kappa shape index (κ1) is 21.9. The molecule has 1 aliphatic heterocycles. The van der Waals surface area contributed by atoms with Crippen LogP contribution in [0.1, 0.15) is 51.7 Å². The molecule has 0 unspecified atom stereocenters. The number of fused-ring (bicyclic) bond motifs is 3. The molecule has 1 aromatic heterocycles. The average molecular weight is 466 g/mol. The third-order valence-electron chi connectivity index (χ3n) is 6.77. The van der Waals surface area contributed by atoms with Gasteiger partial charge in [0.2, 0.25) is 10.0 Å². The van der Waals surface area contributed by atoms with Crippen molar-refractivity contribution in [2.45, 2.75) is 37.5 Å². The van der Waals surface area contributed by atoms with Crippen molar-refractivity contribution < 1.29 is 18.0 Å². The lowest BCUT2D eigenvalue weighted by molar-refractivity contribution is 0.0698. The highest BCUT2D eigenvalue weighted by atomic mass is 32.2. The van der Waals surface area contributed by atoms with E-state index in [9.17, 15) is 18.0 Å². The Morgan fingerprint density at radius 1 is 0.879 bits per heavy atom. The van der Waals surface area contributed by atoms with Crippen LogP contribution >= 0.6 is 0 Å². The van der Waals surface area contributed by atoms with Gasteiger partial charge in [0, 0.05) is 53.9 Å². The number of nitrogens with zero attached hydrogens (tertiary/aromatic N) is 2. The molecule has 2 aromatic carbocycles. The molecule has 1 aliphatic carbocycles. The first-order chi connectivity index (χ1) is 15.8. The Bertz CT molecular complexity index is 1330. The number of hydrogen-bond donors (Lipinski definition) is 1. The number of amides is 1. The fourth-order valence-corrected chi connectivity index (χ4v) is 6.29. The maximum absolute atomic E-state index is 13.2. The molecule has 2 aliphatic rings. The molecule has 5 rings (SSSR count). The molecule has 2 heterocycles.